The molecule has 0 unspecified atom stereocenters. The van der Waals surface area contributed by atoms with E-state index in [-0.39, 0.29) is 17.3 Å². The maximum absolute atomic E-state index is 11.4. The van der Waals surface area contributed by atoms with Crippen molar-refractivity contribution in [3.05, 3.63) is 114 Å². The highest BCUT2D eigenvalue weighted by atomic mass is 16.3. The topological polar surface area (TPSA) is 77.8 Å². The molecule has 0 radical (unpaired) electrons. The Morgan fingerprint density at radius 2 is 1.41 bits per heavy atom. The lowest BCUT2D eigenvalue weighted by molar-refractivity contribution is -0.115. The highest BCUT2D eigenvalue weighted by Gasteiger charge is 2.05. The summed E-state index contributed by atoms with van der Waals surface area (Å²) in [6, 6.07) is 11.3. The third kappa shape index (κ3) is 22.7. The van der Waals surface area contributed by atoms with Gasteiger partial charge in [-0.1, -0.05) is 114 Å². The lowest BCUT2D eigenvalue weighted by atomic mass is 9.99. The van der Waals surface area contributed by atoms with Crippen molar-refractivity contribution in [1.82, 2.24) is 0 Å². The molecular formula is C37H56O4. The third-order valence-electron chi connectivity index (χ3n) is 5.20. The SMILES string of the molecule is C=C(C)C(=O)CCc1ccc(C(C)C)cc1.C=C/C=C\C(=C/C)CC.C=CC.CCC.Cc1cc(O)c(O)c(O)c1. The second-order valence-electron chi connectivity index (χ2n) is 9.68. The van der Waals surface area contributed by atoms with Crippen LogP contribution in [0.5, 0.6) is 17.2 Å². The van der Waals surface area contributed by atoms with E-state index in [0.29, 0.717) is 23.5 Å². The van der Waals surface area contributed by atoms with Crippen molar-refractivity contribution in [2.45, 2.75) is 93.9 Å². The number of Topliss-reactive ketones (excluding diaryl/α,β-unsaturated/α-hetero) is 1. The van der Waals surface area contributed by atoms with Gasteiger partial charge in [-0.3, -0.25) is 4.79 Å². The molecule has 2 rings (SSSR count). The fourth-order valence-electron chi connectivity index (χ4n) is 2.89. The minimum Gasteiger partial charge on any atom is -0.504 e. The second kappa shape index (κ2) is 26.4. The Hall–Kier alpha value is -3.79. The van der Waals surface area contributed by atoms with E-state index in [0.717, 1.165) is 12.8 Å². The summed E-state index contributed by atoms with van der Waals surface area (Å²) in [7, 11) is 0. The van der Waals surface area contributed by atoms with Crippen LogP contribution in [0.3, 0.4) is 0 Å². The van der Waals surface area contributed by atoms with E-state index in [1.165, 1.54) is 35.3 Å². The molecule has 2 aromatic carbocycles. The molecule has 228 valence electrons. The number of allylic oxidation sites excluding steroid dienone is 7. The maximum atomic E-state index is 11.4. The Morgan fingerprint density at radius 1 is 0.951 bits per heavy atom. The quantitative estimate of drug-likeness (QED) is 0.129. The summed E-state index contributed by atoms with van der Waals surface area (Å²) in [4.78, 5) is 11.4. The van der Waals surface area contributed by atoms with Crippen molar-refractivity contribution in [3.63, 3.8) is 0 Å². The van der Waals surface area contributed by atoms with Crippen LogP contribution in [0.1, 0.15) is 97.3 Å². The lowest BCUT2D eigenvalue weighted by Crippen LogP contribution is -2.00. The van der Waals surface area contributed by atoms with Crippen molar-refractivity contribution in [1.29, 1.82) is 0 Å². The highest BCUT2D eigenvalue weighted by molar-refractivity contribution is 5.94. The summed E-state index contributed by atoms with van der Waals surface area (Å²) in [5, 5.41) is 26.6. The minimum absolute atomic E-state index is 0.160. The van der Waals surface area contributed by atoms with Gasteiger partial charge in [0.25, 0.3) is 0 Å². The number of rotatable bonds is 8. The van der Waals surface area contributed by atoms with Gasteiger partial charge in [0.15, 0.2) is 23.0 Å². The van der Waals surface area contributed by atoms with Gasteiger partial charge in [-0.15, -0.1) is 6.58 Å². The van der Waals surface area contributed by atoms with Gasteiger partial charge in [0.1, 0.15) is 0 Å². The number of benzene rings is 2. The number of phenols is 3. The fraction of sp³-hybridized carbons (Fsp3) is 0.378. The number of aromatic hydroxyl groups is 3. The number of hydrogen-bond acceptors (Lipinski definition) is 4. The Labute approximate surface area is 251 Å². The molecule has 0 saturated heterocycles. The van der Waals surface area contributed by atoms with Crippen molar-refractivity contribution >= 4 is 5.78 Å². The standard InChI is InChI=1S/C15H20O.C9H14.C7H8O3.C3H8.C3H6/c1-11(2)14-8-5-13(6-9-14)7-10-15(16)12(3)4;1-4-7-8-9(5-2)6-3;1-4-2-5(8)7(10)6(9)3-4;2*1-3-2/h5-6,8-9,11H,3,7,10H2,1-2,4H3;4-5,7-8H,1,6H2,2-3H3;2-3,8-10H,1H3;3H2,1-2H3;3H,1H2,2H3/b;8-7-,9-5-;;;. The monoisotopic (exact) mass is 564 g/mol. The van der Waals surface area contributed by atoms with E-state index in [2.05, 4.69) is 90.8 Å². The first-order chi connectivity index (χ1) is 19.3. The van der Waals surface area contributed by atoms with Crippen LogP contribution in [-0.4, -0.2) is 21.1 Å². The zero-order chi connectivity index (χ0) is 32.4. The Balaban J connectivity index is -0.000000501. The van der Waals surface area contributed by atoms with E-state index in [1.807, 2.05) is 19.9 Å². The van der Waals surface area contributed by atoms with Gasteiger partial charge in [-0.25, -0.2) is 0 Å². The van der Waals surface area contributed by atoms with E-state index >= 15 is 0 Å². The molecular weight excluding hydrogens is 508 g/mol. The highest BCUT2D eigenvalue weighted by Crippen LogP contribution is 2.34. The molecule has 0 aliphatic carbocycles. The largest absolute Gasteiger partial charge is 0.504 e. The number of ketones is 1. The smallest absolute Gasteiger partial charge is 0.200 e. The molecule has 0 bridgehead atoms. The first-order valence-electron chi connectivity index (χ1n) is 14.3. The van der Waals surface area contributed by atoms with Crippen LogP contribution in [-0.2, 0) is 11.2 Å². The van der Waals surface area contributed by atoms with Gasteiger partial charge < -0.3 is 15.3 Å². The van der Waals surface area contributed by atoms with Gasteiger partial charge in [0, 0.05) is 6.42 Å². The third-order valence-corrected chi connectivity index (χ3v) is 5.20. The molecule has 0 atom stereocenters. The van der Waals surface area contributed by atoms with Crippen LogP contribution < -0.4 is 0 Å². The summed E-state index contributed by atoms with van der Waals surface area (Å²) >= 11 is 0. The molecule has 2 aromatic rings. The Bertz CT molecular complexity index is 1050. The molecule has 41 heavy (non-hydrogen) atoms. The van der Waals surface area contributed by atoms with Crippen LogP contribution in [0.25, 0.3) is 0 Å². The molecule has 0 fully saturated rings. The molecule has 4 nitrogen and oxygen atoms in total. The summed E-state index contributed by atoms with van der Waals surface area (Å²) in [5.41, 5.74) is 5.27. The number of hydrogen-bond donors (Lipinski definition) is 3. The normalized spacial score (nSPS) is 9.95. The molecule has 0 saturated carbocycles. The summed E-state index contributed by atoms with van der Waals surface area (Å²) in [6.07, 6.45) is 13.4. The Kier molecular flexibility index (Phi) is 26.9. The van der Waals surface area contributed by atoms with E-state index in [9.17, 15) is 4.79 Å². The average Bonchev–Trinajstić information content (AvgIpc) is 2.92. The van der Waals surface area contributed by atoms with Crippen LogP contribution in [0.15, 0.2) is 97.7 Å². The molecule has 3 N–H and O–H groups in total. The van der Waals surface area contributed by atoms with E-state index < -0.39 is 5.75 Å². The molecule has 0 aliphatic rings. The lowest BCUT2D eigenvalue weighted by Gasteiger charge is -2.06. The first kappa shape index (κ1) is 41.7. The van der Waals surface area contributed by atoms with Crippen molar-refractivity contribution < 1.29 is 20.1 Å². The van der Waals surface area contributed by atoms with Crippen molar-refractivity contribution in [3.8, 4) is 17.2 Å². The van der Waals surface area contributed by atoms with Crippen molar-refractivity contribution in [2.24, 2.45) is 0 Å². The van der Waals surface area contributed by atoms with Crippen LogP contribution in [0.4, 0.5) is 0 Å². The minimum atomic E-state index is -0.467. The van der Waals surface area contributed by atoms with Gasteiger partial charge in [-0.2, -0.15) is 0 Å². The van der Waals surface area contributed by atoms with Crippen LogP contribution in [0.2, 0.25) is 0 Å². The van der Waals surface area contributed by atoms with E-state index in [1.54, 1.807) is 26.0 Å². The van der Waals surface area contributed by atoms with Gasteiger partial charge >= 0.3 is 0 Å². The van der Waals surface area contributed by atoms with Gasteiger partial charge in [-0.05, 0) is 80.9 Å². The van der Waals surface area contributed by atoms with Gasteiger partial charge in [0.2, 0.25) is 0 Å². The maximum Gasteiger partial charge on any atom is 0.200 e. The molecule has 0 aliphatic heterocycles. The molecule has 0 heterocycles. The summed E-state index contributed by atoms with van der Waals surface area (Å²) in [6.45, 7) is 28.8. The molecule has 4 heteroatoms. The second-order valence-corrected chi connectivity index (χ2v) is 9.68. The predicted molar refractivity (Wildman–Crippen MR) is 180 cm³/mol. The Morgan fingerprint density at radius 3 is 1.76 bits per heavy atom. The first-order valence-corrected chi connectivity index (χ1v) is 14.3. The van der Waals surface area contributed by atoms with Crippen molar-refractivity contribution in [2.75, 3.05) is 0 Å². The fourth-order valence-corrected chi connectivity index (χ4v) is 2.89. The predicted octanol–water partition coefficient (Wildman–Crippen LogP) is 10.7. The summed E-state index contributed by atoms with van der Waals surface area (Å²) < 4.78 is 0. The number of carbonyl (C=O) groups excluding carboxylic acids is 1. The zero-order valence-corrected chi connectivity index (χ0v) is 27.1. The zero-order valence-electron chi connectivity index (χ0n) is 27.1. The molecule has 0 aromatic heterocycles. The van der Waals surface area contributed by atoms with Gasteiger partial charge in [0.05, 0.1) is 0 Å². The number of aryl methyl sites for hydroxylation is 2. The van der Waals surface area contributed by atoms with Crippen LogP contribution >= 0.6 is 0 Å². The molecule has 0 spiro atoms. The van der Waals surface area contributed by atoms with E-state index in [4.69, 9.17) is 15.3 Å². The average molecular weight is 565 g/mol. The number of carbonyl (C=O) groups is 1. The van der Waals surface area contributed by atoms with Crippen LogP contribution in [0, 0.1) is 6.92 Å². The molecule has 0 amide bonds. The number of phenolic OH excluding ortho intramolecular Hbond substituents is 3. The summed E-state index contributed by atoms with van der Waals surface area (Å²) in [5.74, 6) is -0.334.